The summed E-state index contributed by atoms with van der Waals surface area (Å²) in [6, 6.07) is 9.65. The van der Waals surface area contributed by atoms with E-state index in [0.29, 0.717) is 29.0 Å². The van der Waals surface area contributed by atoms with Crippen LogP contribution in [-0.2, 0) is 5.75 Å². The third-order valence-corrected chi connectivity index (χ3v) is 4.51. The third kappa shape index (κ3) is 2.86. The molecule has 1 aromatic carbocycles. The van der Waals surface area contributed by atoms with E-state index in [4.69, 9.17) is 10.3 Å². The van der Waals surface area contributed by atoms with Crippen molar-refractivity contribution in [2.75, 3.05) is 5.73 Å². The molecule has 0 aliphatic rings. The molecule has 2 heterocycles. The summed E-state index contributed by atoms with van der Waals surface area (Å²) in [4.78, 5) is 5.43. The molecule has 0 fully saturated rings. The molecule has 0 unspecified atom stereocenters. The Hall–Kier alpha value is -1.80. The fourth-order valence-electron chi connectivity index (χ4n) is 1.57. The van der Waals surface area contributed by atoms with E-state index in [1.807, 2.05) is 24.3 Å². The van der Waals surface area contributed by atoms with E-state index < -0.39 is 0 Å². The number of aromatic amines is 1. The second-order valence-electron chi connectivity index (χ2n) is 3.94. The normalized spacial score (nSPS) is 10.8. The molecule has 0 aliphatic heterocycles. The fourth-order valence-corrected chi connectivity index (χ4v) is 2.98. The molecular formula is C12H10BrN5OS. The average molecular weight is 352 g/mol. The van der Waals surface area contributed by atoms with Gasteiger partial charge in [-0.1, -0.05) is 17.3 Å². The van der Waals surface area contributed by atoms with Crippen molar-refractivity contribution in [3.8, 4) is 11.6 Å². The maximum absolute atomic E-state index is 5.53. The van der Waals surface area contributed by atoms with Crippen LogP contribution in [0.5, 0.6) is 0 Å². The summed E-state index contributed by atoms with van der Waals surface area (Å²) >= 11 is 5.13. The number of anilines is 1. The summed E-state index contributed by atoms with van der Waals surface area (Å²) < 4.78 is 6.22. The van der Waals surface area contributed by atoms with Crippen LogP contribution in [-0.4, -0.2) is 20.3 Å². The summed E-state index contributed by atoms with van der Waals surface area (Å²) in [5, 5.41) is 10.5. The zero-order valence-electron chi connectivity index (χ0n) is 10.2. The Morgan fingerprint density at radius 2 is 2.20 bits per heavy atom. The van der Waals surface area contributed by atoms with Crippen LogP contribution in [0.25, 0.3) is 11.6 Å². The minimum Gasteiger partial charge on any atom is -0.382 e. The zero-order valence-corrected chi connectivity index (χ0v) is 12.6. The summed E-state index contributed by atoms with van der Waals surface area (Å²) in [7, 11) is 0. The van der Waals surface area contributed by atoms with Gasteiger partial charge in [0.1, 0.15) is 11.5 Å². The van der Waals surface area contributed by atoms with Crippen molar-refractivity contribution in [2.45, 2.75) is 10.6 Å². The van der Waals surface area contributed by atoms with Crippen molar-refractivity contribution in [3.63, 3.8) is 0 Å². The lowest BCUT2D eigenvalue weighted by Gasteiger charge is -2.00. The maximum atomic E-state index is 5.53. The molecule has 6 nitrogen and oxygen atoms in total. The number of rotatable bonds is 4. The minimum absolute atomic E-state index is 0.386. The number of nitrogens with two attached hydrogens (primary N) is 1. The van der Waals surface area contributed by atoms with Crippen LogP contribution < -0.4 is 5.73 Å². The van der Waals surface area contributed by atoms with Crippen molar-refractivity contribution in [3.05, 3.63) is 40.6 Å². The maximum Gasteiger partial charge on any atom is 0.276 e. The Morgan fingerprint density at radius 3 is 2.95 bits per heavy atom. The van der Waals surface area contributed by atoms with Gasteiger partial charge in [-0.05, 0) is 28.1 Å². The predicted octanol–water partition coefficient (Wildman–Crippen LogP) is 3.10. The molecule has 3 rings (SSSR count). The average Bonchev–Trinajstić information content (AvgIpc) is 3.06. The largest absolute Gasteiger partial charge is 0.382 e. The van der Waals surface area contributed by atoms with Crippen LogP contribution in [0.15, 0.2) is 44.2 Å². The quantitative estimate of drug-likeness (QED) is 0.701. The molecule has 102 valence electrons. The highest BCUT2D eigenvalue weighted by Crippen LogP contribution is 2.29. The molecule has 3 aromatic rings. The molecule has 2 aromatic heterocycles. The Bertz CT molecular complexity index is 726. The molecule has 0 saturated carbocycles. The number of nitrogen functional groups attached to an aromatic ring is 1. The Labute approximate surface area is 127 Å². The van der Waals surface area contributed by atoms with Crippen LogP contribution in [0.2, 0.25) is 0 Å². The summed E-state index contributed by atoms with van der Waals surface area (Å²) in [5.41, 5.74) is 6.15. The van der Waals surface area contributed by atoms with Gasteiger partial charge in [-0.15, -0.1) is 11.8 Å². The molecule has 0 spiro atoms. The summed E-state index contributed by atoms with van der Waals surface area (Å²) in [5.74, 6) is 2.02. The van der Waals surface area contributed by atoms with E-state index in [2.05, 4.69) is 36.3 Å². The van der Waals surface area contributed by atoms with E-state index in [0.717, 1.165) is 9.37 Å². The number of thioether (sulfide) groups is 1. The minimum atomic E-state index is 0.386. The van der Waals surface area contributed by atoms with Gasteiger partial charge < -0.3 is 10.3 Å². The van der Waals surface area contributed by atoms with Crippen molar-refractivity contribution < 1.29 is 4.52 Å². The van der Waals surface area contributed by atoms with Gasteiger partial charge in [-0.3, -0.25) is 5.10 Å². The second kappa shape index (κ2) is 5.68. The standard InChI is InChI=1S/C12H10BrN5OS/c13-7-3-1-2-4-9(7)20-6-11-15-12(19-18-11)8-5-10(14)17-16-8/h1-5H,6H2,(H3,14,16,17). The molecule has 3 N–H and O–H groups in total. The molecule has 0 amide bonds. The van der Waals surface area contributed by atoms with Gasteiger partial charge in [0.25, 0.3) is 5.89 Å². The van der Waals surface area contributed by atoms with Crippen LogP contribution >= 0.6 is 27.7 Å². The molecule has 0 atom stereocenters. The van der Waals surface area contributed by atoms with Crippen molar-refractivity contribution in [1.82, 2.24) is 20.3 Å². The molecular weight excluding hydrogens is 342 g/mol. The van der Waals surface area contributed by atoms with E-state index >= 15 is 0 Å². The number of H-pyrrole nitrogens is 1. The van der Waals surface area contributed by atoms with Crippen molar-refractivity contribution in [2.24, 2.45) is 0 Å². The van der Waals surface area contributed by atoms with Crippen LogP contribution in [0.1, 0.15) is 5.82 Å². The molecule has 0 radical (unpaired) electrons. The Kier molecular flexibility index (Phi) is 3.75. The van der Waals surface area contributed by atoms with E-state index in [-0.39, 0.29) is 0 Å². The number of aromatic nitrogens is 4. The first-order valence-corrected chi connectivity index (χ1v) is 7.51. The first-order chi connectivity index (χ1) is 9.72. The lowest BCUT2D eigenvalue weighted by Crippen LogP contribution is -1.85. The second-order valence-corrected chi connectivity index (χ2v) is 5.81. The fraction of sp³-hybridized carbons (Fsp3) is 0.0833. The SMILES string of the molecule is Nc1cc(-c2nc(CSc3ccccc3Br)no2)[nH]n1. The third-order valence-electron chi connectivity index (χ3n) is 2.49. The van der Waals surface area contributed by atoms with Gasteiger partial charge in [0.05, 0.1) is 5.75 Å². The Balaban J connectivity index is 1.70. The zero-order chi connectivity index (χ0) is 13.9. The number of hydrogen-bond donors (Lipinski definition) is 2. The van der Waals surface area contributed by atoms with Gasteiger partial charge in [0.2, 0.25) is 0 Å². The van der Waals surface area contributed by atoms with Gasteiger partial charge in [0, 0.05) is 15.4 Å². The van der Waals surface area contributed by atoms with Crippen LogP contribution in [0.4, 0.5) is 5.82 Å². The number of nitrogens with one attached hydrogen (secondary N) is 1. The topological polar surface area (TPSA) is 93.6 Å². The van der Waals surface area contributed by atoms with Gasteiger partial charge >= 0.3 is 0 Å². The van der Waals surface area contributed by atoms with E-state index in [1.165, 1.54) is 0 Å². The monoisotopic (exact) mass is 351 g/mol. The summed E-state index contributed by atoms with van der Waals surface area (Å²) in [6.07, 6.45) is 0. The summed E-state index contributed by atoms with van der Waals surface area (Å²) in [6.45, 7) is 0. The van der Waals surface area contributed by atoms with Gasteiger partial charge in [0.15, 0.2) is 5.82 Å². The smallest absolute Gasteiger partial charge is 0.276 e. The van der Waals surface area contributed by atoms with E-state index in [9.17, 15) is 0 Å². The van der Waals surface area contributed by atoms with E-state index in [1.54, 1.807) is 17.8 Å². The van der Waals surface area contributed by atoms with Crippen LogP contribution in [0.3, 0.4) is 0 Å². The lowest BCUT2D eigenvalue weighted by atomic mass is 10.4. The van der Waals surface area contributed by atoms with Gasteiger partial charge in [-0.2, -0.15) is 10.1 Å². The van der Waals surface area contributed by atoms with Crippen LogP contribution in [0, 0.1) is 0 Å². The van der Waals surface area contributed by atoms with Crippen molar-refractivity contribution in [1.29, 1.82) is 0 Å². The molecule has 0 aliphatic carbocycles. The highest BCUT2D eigenvalue weighted by Gasteiger charge is 2.11. The number of halogens is 1. The number of benzene rings is 1. The lowest BCUT2D eigenvalue weighted by molar-refractivity contribution is 0.424. The first kappa shape index (κ1) is 13.2. The van der Waals surface area contributed by atoms with Crippen molar-refractivity contribution >= 4 is 33.5 Å². The predicted molar refractivity (Wildman–Crippen MR) is 80.0 cm³/mol. The Morgan fingerprint density at radius 1 is 1.35 bits per heavy atom. The first-order valence-electron chi connectivity index (χ1n) is 5.73. The number of nitrogens with zero attached hydrogens (tertiary/aromatic N) is 3. The van der Waals surface area contributed by atoms with Gasteiger partial charge in [-0.25, -0.2) is 0 Å². The molecule has 0 bridgehead atoms. The highest BCUT2D eigenvalue weighted by molar-refractivity contribution is 9.10. The number of hydrogen-bond acceptors (Lipinski definition) is 6. The highest BCUT2D eigenvalue weighted by atomic mass is 79.9. The molecule has 20 heavy (non-hydrogen) atoms. The molecule has 8 heteroatoms. The molecule has 0 saturated heterocycles.